The van der Waals surface area contributed by atoms with E-state index >= 15 is 0 Å². The summed E-state index contributed by atoms with van der Waals surface area (Å²) in [4.78, 5) is 18.9. The van der Waals surface area contributed by atoms with Crippen LogP contribution in [0.25, 0.3) is 0 Å². The van der Waals surface area contributed by atoms with E-state index in [9.17, 15) is 4.79 Å². The molecule has 1 heterocycles. The van der Waals surface area contributed by atoms with Gasteiger partial charge in [-0.1, -0.05) is 29.8 Å². The van der Waals surface area contributed by atoms with Crippen LogP contribution in [-0.2, 0) is 0 Å². The SMILES string of the molecule is CN(C)c1cccc(C(=O)N2CCN(c3ccccc3Cl)CC2)c1. The van der Waals surface area contributed by atoms with Crippen LogP contribution in [0, 0.1) is 0 Å². The summed E-state index contributed by atoms with van der Waals surface area (Å²) in [5.74, 6) is 0.0949. The number of anilines is 2. The maximum atomic E-state index is 12.7. The van der Waals surface area contributed by atoms with E-state index in [1.165, 1.54) is 0 Å². The molecule has 126 valence electrons. The number of rotatable bonds is 3. The summed E-state index contributed by atoms with van der Waals surface area (Å²) < 4.78 is 0. The van der Waals surface area contributed by atoms with Gasteiger partial charge in [0.15, 0.2) is 0 Å². The van der Waals surface area contributed by atoms with Crippen molar-refractivity contribution in [1.82, 2.24) is 4.90 Å². The molecule has 0 N–H and O–H groups in total. The maximum Gasteiger partial charge on any atom is 0.254 e. The monoisotopic (exact) mass is 343 g/mol. The first-order valence-corrected chi connectivity index (χ1v) is 8.50. The molecule has 2 aromatic carbocycles. The van der Waals surface area contributed by atoms with Crippen LogP contribution >= 0.6 is 11.6 Å². The number of piperazine rings is 1. The average molecular weight is 344 g/mol. The predicted octanol–water partition coefficient (Wildman–Crippen LogP) is 3.37. The normalized spacial score (nSPS) is 14.6. The van der Waals surface area contributed by atoms with Gasteiger partial charge in [-0.3, -0.25) is 4.79 Å². The number of hydrogen-bond donors (Lipinski definition) is 0. The third-order valence-corrected chi connectivity index (χ3v) is 4.69. The Morgan fingerprint density at radius 3 is 2.38 bits per heavy atom. The van der Waals surface area contributed by atoms with Crippen LogP contribution in [-0.4, -0.2) is 51.1 Å². The lowest BCUT2D eigenvalue weighted by Gasteiger charge is -2.36. The molecule has 0 bridgehead atoms. The number of para-hydroxylation sites is 1. The molecular weight excluding hydrogens is 322 g/mol. The highest BCUT2D eigenvalue weighted by molar-refractivity contribution is 6.33. The molecule has 24 heavy (non-hydrogen) atoms. The topological polar surface area (TPSA) is 26.8 Å². The van der Waals surface area contributed by atoms with Crippen molar-refractivity contribution in [3.8, 4) is 0 Å². The van der Waals surface area contributed by atoms with Gasteiger partial charge in [0.1, 0.15) is 0 Å². The van der Waals surface area contributed by atoms with Crippen LogP contribution in [0.4, 0.5) is 11.4 Å². The van der Waals surface area contributed by atoms with Crippen LogP contribution in [0.1, 0.15) is 10.4 Å². The second kappa shape index (κ2) is 7.14. The maximum absolute atomic E-state index is 12.7. The fraction of sp³-hybridized carbons (Fsp3) is 0.316. The van der Waals surface area contributed by atoms with Crippen molar-refractivity contribution < 1.29 is 4.79 Å². The highest BCUT2D eigenvalue weighted by atomic mass is 35.5. The second-order valence-electron chi connectivity index (χ2n) is 6.18. The van der Waals surface area contributed by atoms with Gasteiger partial charge in [-0.25, -0.2) is 0 Å². The van der Waals surface area contributed by atoms with Crippen LogP contribution < -0.4 is 9.80 Å². The van der Waals surface area contributed by atoms with Gasteiger partial charge in [-0.05, 0) is 30.3 Å². The first-order chi connectivity index (χ1) is 11.6. The lowest BCUT2D eigenvalue weighted by atomic mass is 10.1. The van der Waals surface area contributed by atoms with Gasteiger partial charge in [0.2, 0.25) is 0 Å². The molecule has 5 heteroatoms. The third kappa shape index (κ3) is 3.49. The Balaban J connectivity index is 1.67. The molecule has 1 saturated heterocycles. The molecule has 1 fully saturated rings. The molecule has 0 spiro atoms. The molecule has 2 aromatic rings. The minimum absolute atomic E-state index is 0.0949. The van der Waals surface area contributed by atoms with Gasteiger partial charge in [0.05, 0.1) is 10.7 Å². The molecule has 1 amide bonds. The number of hydrogen-bond acceptors (Lipinski definition) is 3. The second-order valence-corrected chi connectivity index (χ2v) is 6.58. The highest BCUT2D eigenvalue weighted by Crippen LogP contribution is 2.26. The fourth-order valence-electron chi connectivity index (χ4n) is 2.96. The summed E-state index contributed by atoms with van der Waals surface area (Å²) in [6, 6.07) is 15.6. The minimum atomic E-state index is 0.0949. The van der Waals surface area contributed by atoms with E-state index < -0.39 is 0 Å². The number of carbonyl (C=O) groups is 1. The van der Waals surface area contributed by atoms with Crippen molar-refractivity contribution in [2.24, 2.45) is 0 Å². The van der Waals surface area contributed by atoms with E-state index in [-0.39, 0.29) is 5.91 Å². The summed E-state index contributed by atoms with van der Waals surface area (Å²) >= 11 is 6.27. The van der Waals surface area contributed by atoms with Gasteiger partial charge in [-0.2, -0.15) is 0 Å². The van der Waals surface area contributed by atoms with Gasteiger partial charge in [-0.15, -0.1) is 0 Å². The molecule has 3 rings (SSSR count). The average Bonchev–Trinajstić information content (AvgIpc) is 2.62. The summed E-state index contributed by atoms with van der Waals surface area (Å²) in [6.45, 7) is 3.00. The van der Waals surface area contributed by atoms with Crippen molar-refractivity contribution in [3.05, 3.63) is 59.1 Å². The van der Waals surface area contributed by atoms with Gasteiger partial charge < -0.3 is 14.7 Å². The summed E-state index contributed by atoms with van der Waals surface area (Å²) in [6.07, 6.45) is 0. The lowest BCUT2D eigenvalue weighted by molar-refractivity contribution is 0.0747. The summed E-state index contributed by atoms with van der Waals surface area (Å²) in [5, 5.41) is 0.760. The highest BCUT2D eigenvalue weighted by Gasteiger charge is 2.23. The number of amides is 1. The Morgan fingerprint density at radius 2 is 1.71 bits per heavy atom. The van der Waals surface area contributed by atoms with Crippen molar-refractivity contribution in [3.63, 3.8) is 0 Å². The largest absolute Gasteiger partial charge is 0.378 e. The van der Waals surface area contributed by atoms with E-state index in [4.69, 9.17) is 11.6 Å². The zero-order valence-electron chi connectivity index (χ0n) is 14.1. The molecule has 0 saturated carbocycles. The molecule has 0 atom stereocenters. The quantitative estimate of drug-likeness (QED) is 0.855. The third-order valence-electron chi connectivity index (χ3n) is 4.37. The Morgan fingerprint density at radius 1 is 1.00 bits per heavy atom. The number of nitrogens with zero attached hydrogens (tertiary/aromatic N) is 3. The summed E-state index contributed by atoms with van der Waals surface area (Å²) in [7, 11) is 3.96. The first-order valence-electron chi connectivity index (χ1n) is 8.12. The van der Waals surface area contributed by atoms with E-state index in [2.05, 4.69) is 4.90 Å². The van der Waals surface area contributed by atoms with Gasteiger partial charge in [0, 0.05) is 51.5 Å². The zero-order valence-corrected chi connectivity index (χ0v) is 14.8. The molecule has 1 aliphatic rings. The minimum Gasteiger partial charge on any atom is -0.378 e. The van der Waals surface area contributed by atoms with Crippen LogP contribution in [0.15, 0.2) is 48.5 Å². The predicted molar refractivity (Wildman–Crippen MR) is 100 cm³/mol. The van der Waals surface area contributed by atoms with Crippen molar-refractivity contribution in [2.75, 3.05) is 50.1 Å². The molecule has 0 aliphatic carbocycles. The van der Waals surface area contributed by atoms with Gasteiger partial charge >= 0.3 is 0 Å². The lowest BCUT2D eigenvalue weighted by Crippen LogP contribution is -2.48. The fourth-order valence-corrected chi connectivity index (χ4v) is 3.21. The van der Waals surface area contributed by atoms with Crippen molar-refractivity contribution in [2.45, 2.75) is 0 Å². The standard InChI is InChI=1S/C19H22ClN3O/c1-21(2)16-7-5-6-15(14-16)19(24)23-12-10-22(11-13-23)18-9-4-3-8-17(18)20/h3-9,14H,10-13H2,1-2H3. The number of carbonyl (C=O) groups excluding carboxylic acids is 1. The Bertz CT molecular complexity index is 724. The van der Waals surface area contributed by atoms with E-state index in [1.54, 1.807) is 0 Å². The Kier molecular flexibility index (Phi) is 4.95. The number of halogens is 1. The van der Waals surface area contributed by atoms with E-state index in [0.717, 1.165) is 35.1 Å². The number of benzene rings is 2. The molecule has 0 unspecified atom stereocenters. The van der Waals surface area contributed by atoms with Crippen molar-refractivity contribution >= 4 is 28.9 Å². The molecule has 1 aliphatic heterocycles. The van der Waals surface area contributed by atoms with Crippen LogP contribution in [0.3, 0.4) is 0 Å². The molecule has 0 aromatic heterocycles. The van der Waals surface area contributed by atoms with Gasteiger partial charge in [0.25, 0.3) is 5.91 Å². The smallest absolute Gasteiger partial charge is 0.254 e. The van der Waals surface area contributed by atoms with Crippen LogP contribution in [0.5, 0.6) is 0 Å². The van der Waals surface area contributed by atoms with E-state index in [0.29, 0.717) is 13.1 Å². The van der Waals surface area contributed by atoms with Crippen LogP contribution in [0.2, 0.25) is 5.02 Å². The first kappa shape index (κ1) is 16.7. The molecular formula is C19H22ClN3O. The Labute approximate surface area is 148 Å². The summed E-state index contributed by atoms with van der Waals surface area (Å²) in [5.41, 5.74) is 2.82. The Hall–Kier alpha value is -2.20. The molecule has 0 radical (unpaired) electrons. The van der Waals surface area contributed by atoms with Crippen molar-refractivity contribution in [1.29, 1.82) is 0 Å². The zero-order chi connectivity index (χ0) is 17.1. The molecule has 4 nitrogen and oxygen atoms in total. The van der Waals surface area contributed by atoms with E-state index in [1.807, 2.05) is 72.4 Å².